The summed E-state index contributed by atoms with van der Waals surface area (Å²) in [4.78, 5) is 23.4. The van der Waals surface area contributed by atoms with Gasteiger partial charge in [-0.15, -0.1) is 0 Å². The van der Waals surface area contributed by atoms with E-state index in [4.69, 9.17) is 16.3 Å². The first-order valence-electron chi connectivity index (χ1n) is 6.13. The van der Waals surface area contributed by atoms with Gasteiger partial charge in [-0.1, -0.05) is 32.4 Å². The van der Waals surface area contributed by atoms with Crippen molar-refractivity contribution < 1.29 is 22.7 Å². The van der Waals surface area contributed by atoms with Crippen molar-refractivity contribution in [1.29, 1.82) is 0 Å². The van der Waals surface area contributed by atoms with E-state index in [1.54, 1.807) is 20.8 Å². The fourth-order valence-corrected chi connectivity index (χ4v) is 2.65. The molecule has 0 aliphatic rings. The first kappa shape index (κ1) is 17.7. The van der Waals surface area contributed by atoms with Crippen LogP contribution in [-0.4, -0.2) is 33.0 Å². The van der Waals surface area contributed by atoms with Crippen LogP contribution in [0.25, 0.3) is 0 Å². The summed E-state index contributed by atoms with van der Waals surface area (Å²) in [6.07, 6.45) is 0.993. The predicted octanol–water partition coefficient (Wildman–Crippen LogP) is 2.52. The number of benzene rings is 1. The standard InChI is InChI=1S/C14H17ClO5S/c1-14(2,3)12(16)8-20-13(17)9-5-6-10(15)11(7-9)21(4,18)19/h5-7H,8H2,1-4H3. The maximum atomic E-state index is 11.9. The second kappa shape index (κ2) is 6.15. The summed E-state index contributed by atoms with van der Waals surface area (Å²) in [6.45, 7) is 4.78. The molecule has 0 heterocycles. The van der Waals surface area contributed by atoms with Gasteiger partial charge in [-0.25, -0.2) is 13.2 Å². The molecular formula is C14H17ClO5S. The molecule has 0 radical (unpaired) electrons. The van der Waals surface area contributed by atoms with Crippen LogP contribution in [0.5, 0.6) is 0 Å². The van der Waals surface area contributed by atoms with E-state index in [2.05, 4.69) is 0 Å². The molecule has 0 aliphatic carbocycles. The molecule has 1 aromatic rings. The Kier molecular flexibility index (Phi) is 5.17. The number of ether oxygens (including phenoxy) is 1. The van der Waals surface area contributed by atoms with E-state index in [1.165, 1.54) is 12.1 Å². The van der Waals surface area contributed by atoms with Crippen LogP contribution in [0.1, 0.15) is 31.1 Å². The molecular weight excluding hydrogens is 316 g/mol. The minimum atomic E-state index is -3.55. The quantitative estimate of drug-likeness (QED) is 0.792. The molecule has 0 saturated heterocycles. The number of hydrogen-bond donors (Lipinski definition) is 0. The Morgan fingerprint density at radius 3 is 2.29 bits per heavy atom. The Morgan fingerprint density at radius 1 is 1.24 bits per heavy atom. The number of halogens is 1. The number of rotatable bonds is 4. The van der Waals surface area contributed by atoms with Crippen molar-refractivity contribution in [2.75, 3.05) is 12.9 Å². The highest BCUT2D eigenvalue weighted by Crippen LogP contribution is 2.23. The molecule has 0 bridgehead atoms. The molecule has 1 rings (SSSR count). The molecule has 7 heteroatoms. The lowest BCUT2D eigenvalue weighted by Crippen LogP contribution is -2.26. The third-order valence-corrected chi connectivity index (χ3v) is 4.32. The van der Waals surface area contributed by atoms with Gasteiger partial charge in [0.25, 0.3) is 0 Å². The van der Waals surface area contributed by atoms with Crippen LogP contribution in [0, 0.1) is 5.41 Å². The van der Waals surface area contributed by atoms with E-state index >= 15 is 0 Å². The largest absolute Gasteiger partial charge is 0.454 e. The number of carbonyl (C=O) groups excluding carboxylic acids is 2. The topological polar surface area (TPSA) is 77.5 Å². The van der Waals surface area contributed by atoms with Crippen molar-refractivity contribution in [3.05, 3.63) is 28.8 Å². The molecule has 0 aromatic heterocycles. The summed E-state index contributed by atoms with van der Waals surface area (Å²) in [6, 6.07) is 3.79. The molecule has 0 unspecified atom stereocenters. The first-order chi connectivity index (χ1) is 9.43. The van der Waals surface area contributed by atoms with E-state index in [9.17, 15) is 18.0 Å². The van der Waals surface area contributed by atoms with Crippen molar-refractivity contribution in [2.24, 2.45) is 5.41 Å². The van der Waals surface area contributed by atoms with Crippen LogP contribution in [0.15, 0.2) is 23.1 Å². The summed E-state index contributed by atoms with van der Waals surface area (Å²) in [5, 5.41) is 0.0276. The van der Waals surface area contributed by atoms with Crippen molar-refractivity contribution >= 4 is 33.2 Å². The van der Waals surface area contributed by atoms with Crippen LogP contribution in [0.2, 0.25) is 5.02 Å². The zero-order valence-corrected chi connectivity index (χ0v) is 13.8. The monoisotopic (exact) mass is 332 g/mol. The van der Waals surface area contributed by atoms with E-state index in [0.717, 1.165) is 12.3 Å². The Morgan fingerprint density at radius 2 is 1.81 bits per heavy atom. The number of Topliss-reactive ketones (excluding diaryl/α,β-unsaturated/α-hetero) is 1. The molecule has 0 saturated carbocycles. The second-order valence-electron chi connectivity index (χ2n) is 5.67. The van der Waals surface area contributed by atoms with Crippen molar-refractivity contribution in [2.45, 2.75) is 25.7 Å². The van der Waals surface area contributed by atoms with Crippen LogP contribution in [-0.2, 0) is 19.4 Å². The number of esters is 1. The molecule has 0 aliphatic heterocycles. The minimum Gasteiger partial charge on any atom is -0.454 e. The van der Waals surface area contributed by atoms with Gasteiger partial charge in [0.2, 0.25) is 0 Å². The Bertz CT molecular complexity index is 671. The normalized spacial score (nSPS) is 12.0. The van der Waals surface area contributed by atoms with Gasteiger partial charge in [-0.3, -0.25) is 4.79 Å². The van der Waals surface area contributed by atoms with Gasteiger partial charge in [0.15, 0.2) is 22.2 Å². The van der Waals surface area contributed by atoms with Gasteiger partial charge in [-0.2, -0.15) is 0 Å². The molecule has 1 aromatic carbocycles. The highest BCUT2D eigenvalue weighted by Gasteiger charge is 2.23. The Hall–Kier alpha value is -1.40. The second-order valence-corrected chi connectivity index (χ2v) is 8.06. The molecule has 116 valence electrons. The van der Waals surface area contributed by atoms with Gasteiger partial charge in [0.05, 0.1) is 15.5 Å². The lowest BCUT2D eigenvalue weighted by molar-refractivity contribution is -0.129. The van der Waals surface area contributed by atoms with Crippen molar-refractivity contribution in [3.8, 4) is 0 Å². The highest BCUT2D eigenvalue weighted by atomic mass is 35.5. The Labute approximate surface area is 129 Å². The van der Waals surface area contributed by atoms with Gasteiger partial charge < -0.3 is 4.74 Å². The molecule has 0 spiro atoms. The summed E-state index contributed by atoms with van der Waals surface area (Å²) < 4.78 is 28.0. The molecule has 0 amide bonds. The molecule has 0 atom stereocenters. The van der Waals surface area contributed by atoms with Gasteiger partial charge >= 0.3 is 5.97 Å². The number of carbonyl (C=O) groups is 2. The van der Waals surface area contributed by atoms with E-state index in [0.29, 0.717) is 0 Å². The summed E-state index contributed by atoms with van der Waals surface area (Å²) in [5.41, 5.74) is -0.584. The third-order valence-electron chi connectivity index (χ3n) is 2.74. The summed E-state index contributed by atoms with van der Waals surface area (Å²) >= 11 is 5.79. The molecule has 0 fully saturated rings. The molecule has 0 N–H and O–H groups in total. The lowest BCUT2D eigenvalue weighted by atomic mass is 9.91. The number of hydrogen-bond acceptors (Lipinski definition) is 5. The van der Waals surface area contributed by atoms with E-state index in [1.807, 2.05) is 0 Å². The van der Waals surface area contributed by atoms with Crippen LogP contribution in [0.3, 0.4) is 0 Å². The van der Waals surface area contributed by atoms with Crippen molar-refractivity contribution in [1.82, 2.24) is 0 Å². The average molecular weight is 333 g/mol. The van der Waals surface area contributed by atoms with Crippen LogP contribution in [0.4, 0.5) is 0 Å². The molecule has 21 heavy (non-hydrogen) atoms. The van der Waals surface area contributed by atoms with E-state index in [-0.39, 0.29) is 27.9 Å². The summed E-state index contributed by atoms with van der Waals surface area (Å²) in [7, 11) is -3.55. The number of sulfone groups is 1. The fraction of sp³-hybridized carbons (Fsp3) is 0.429. The molecule has 5 nitrogen and oxygen atoms in total. The van der Waals surface area contributed by atoms with Crippen LogP contribution < -0.4 is 0 Å². The maximum Gasteiger partial charge on any atom is 0.338 e. The van der Waals surface area contributed by atoms with Gasteiger partial charge in [0, 0.05) is 11.7 Å². The van der Waals surface area contributed by atoms with Crippen molar-refractivity contribution in [3.63, 3.8) is 0 Å². The third kappa shape index (κ3) is 4.82. The number of ketones is 1. The highest BCUT2D eigenvalue weighted by molar-refractivity contribution is 7.90. The fourth-order valence-electron chi connectivity index (χ4n) is 1.35. The lowest BCUT2D eigenvalue weighted by Gasteiger charge is -2.16. The maximum absolute atomic E-state index is 11.9. The zero-order chi connectivity index (χ0) is 16.4. The first-order valence-corrected chi connectivity index (χ1v) is 8.40. The smallest absolute Gasteiger partial charge is 0.338 e. The SMILES string of the molecule is CC(C)(C)C(=O)COC(=O)c1ccc(Cl)c(S(C)(=O)=O)c1. The minimum absolute atomic E-state index is 0.0276. The zero-order valence-electron chi connectivity index (χ0n) is 12.3. The predicted molar refractivity (Wildman–Crippen MR) is 79.3 cm³/mol. The average Bonchev–Trinajstić information content (AvgIpc) is 2.33. The van der Waals surface area contributed by atoms with Crippen LogP contribution >= 0.6 is 11.6 Å². The Balaban J connectivity index is 2.93. The van der Waals surface area contributed by atoms with Gasteiger partial charge in [-0.05, 0) is 18.2 Å². The van der Waals surface area contributed by atoms with E-state index < -0.39 is 21.2 Å². The summed E-state index contributed by atoms with van der Waals surface area (Å²) in [5.74, 6) is -0.998. The van der Waals surface area contributed by atoms with Gasteiger partial charge in [0.1, 0.15) is 0 Å².